The van der Waals surface area contributed by atoms with Crippen molar-refractivity contribution >= 4 is 39.2 Å². The van der Waals surface area contributed by atoms with Gasteiger partial charge in [0.25, 0.3) is 0 Å². The van der Waals surface area contributed by atoms with Crippen molar-refractivity contribution in [2.45, 2.75) is 13.5 Å². The first-order chi connectivity index (χ1) is 8.13. The highest BCUT2D eigenvalue weighted by Gasteiger charge is 2.08. The van der Waals surface area contributed by atoms with Gasteiger partial charge in [-0.25, -0.2) is 4.39 Å². The van der Waals surface area contributed by atoms with E-state index in [-0.39, 0.29) is 5.82 Å². The van der Waals surface area contributed by atoms with Crippen LogP contribution in [0.25, 0.3) is 11.0 Å². The zero-order valence-corrected chi connectivity index (χ0v) is 11.7. The van der Waals surface area contributed by atoms with E-state index in [9.17, 15) is 4.39 Å². The molecule has 0 saturated carbocycles. The Balaban J connectivity index is 2.44. The normalized spacial score (nSPS) is 11.2. The predicted octanol–water partition coefficient (Wildman–Crippen LogP) is 3.64. The first kappa shape index (κ1) is 12.7. The molecule has 6 heteroatoms. The number of halogens is 2. The molecule has 0 aliphatic rings. The first-order valence-electron chi connectivity index (χ1n) is 5.28. The van der Waals surface area contributed by atoms with Gasteiger partial charge < -0.3 is 14.3 Å². The lowest BCUT2D eigenvalue weighted by atomic mass is 10.3. The molecule has 92 valence electrons. The number of rotatable bonds is 4. The van der Waals surface area contributed by atoms with Crippen LogP contribution in [0.3, 0.4) is 0 Å². The number of ether oxygens (including phenoxy) is 1. The van der Waals surface area contributed by atoms with Crippen molar-refractivity contribution in [2.24, 2.45) is 0 Å². The molecule has 0 aliphatic heterocycles. The summed E-state index contributed by atoms with van der Waals surface area (Å²) in [5.74, 6) is -0.295. The Morgan fingerprint density at radius 2 is 2.29 bits per heavy atom. The summed E-state index contributed by atoms with van der Waals surface area (Å²) in [4.78, 5) is 3.05. The fraction of sp³-hybridized carbons (Fsp3) is 0.364. The summed E-state index contributed by atoms with van der Waals surface area (Å²) < 4.78 is 21.6. The summed E-state index contributed by atoms with van der Waals surface area (Å²) in [6.07, 6.45) is 0. The van der Waals surface area contributed by atoms with Crippen LogP contribution in [0, 0.1) is 10.6 Å². The summed E-state index contributed by atoms with van der Waals surface area (Å²) in [6.45, 7) is 3.78. The molecule has 0 saturated heterocycles. The second-order valence-electron chi connectivity index (χ2n) is 3.56. The fourth-order valence-electron chi connectivity index (χ4n) is 1.67. The van der Waals surface area contributed by atoms with Crippen molar-refractivity contribution in [1.82, 2.24) is 9.55 Å². The van der Waals surface area contributed by atoms with E-state index in [0.29, 0.717) is 29.0 Å². The number of aromatic amines is 1. The molecule has 0 unspecified atom stereocenters. The van der Waals surface area contributed by atoms with Crippen molar-refractivity contribution in [2.75, 3.05) is 13.2 Å². The number of nitrogens with one attached hydrogen (secondary N) is 1. The quantitative estimate of drug-likeness (QED) is 0.689. The molecule has 0 aliphatic carbocycles. The molecular weight excluding hydrogens is 307 g/mol. The molecule has 1 heterocycles. The summed E-state index contributed by atoms with van der Waals surface area (Å²) in [6, 6.07) is 3.16. The largest absolute Gasteiger partial charge is 0.380 e. The van der Waals surface area contributed by atoms with E-state index < -0.39 is 0 Å². The van der Waals surface area contributed by atoms with Gasteiger partial charge in [-0.05, 0) is 41.1 Å². The van der Waals surface area contributed by atoms with E-state index in [1.165, 1.54) is 6.07 Å². The van der Waals surface area contributed by atoms with Gasteiger partial charge in [0.05, 0.1) is 22.1 Å². The Labute approximate surface area is 112 Å². The number of nitrogens with zero attached hydrogens (tertiary/aromatic N) is 1. The maximum absolute atomic E-state index is 13.5. The molecule has 1 N–H and O–H groups in total. The number of fused-ring (bicyclic) bond motifs is 1. The third kappa shape index (κ3) is 2.59. The minimum Gasteiger partial charge on any atom is -0.380 e. The molecule has 0 bridgehead atoms. The maximum atomic E-state index is 13.5. The van der Waals surface area contributed by atoms with Gasteiger partial charge in [0, 0.05) is 19.2 Å². The van der Waals surface area contributed by atoms with Gasteiger partial charge in [-0.1, -0.05) is 0 Å². The topological polar surface area (TPSA) is 29.9 Å². The van der Waals surface area contributed by atoms with Gasteiger partial charge in [0.15, 0.2) is 4.77 Å². The van der Waals surface area contributed by atoms with Crippen LogP contribution in [0.15, 0.2) is 16.6 Å². The van der Waals surface area contributed by atoms with E-state index in [0.717, 1.165) is 11.0 Å². The van der Waals surface area contributed by atoms with E-state index in [1.54, 1.807) is 6.07 Å². The van der Waals surface area contributed by atoms with Crippen molar-refractivity contribution in [1.29, 1.82) is 0 Å². The zero-order chi connectivity index (χ0) is 12.4. The van der Waals surface area contributed by atoms with E-state index in [1.807, 2.05) is 11.5 Å². The van der Waals surface area contributed by atoms with Gasteiger partial charge in [-0.15, -0.1) is 0 Å². The Bertz CT molecular complexity index is 593. The molecule has 17 heavy (non-hydrogen) atoms. The average molecular weight is 319 g/mol. The van der Waals surface area contributed by atoms with Crippen LogP contribution in [0.4, 0.5) is 4.39 Å². The van der Waals surface area contributed by atoms with E-state index in [4.69, 9.17) is 17.0 Å². The second kappa shape index (κ2) is 5.29. The number of hydrogen-bond acceptors (Lipinski definition) is 2. The van der Waals surface area contributed by atoms with Gasteiger partial charge in [0.1, 0.15) is 5.82 Å². The number of benzene rings is 1. The summed E-state index contributed by atoms with van der Waals surface area (Å²) in [7, 11) is 0. The summed E-state index contributed by atoms with van der Waals surface area (Å²) >= 11 is 8.35. The standard InChI is InChI=1S/C11H12BrFN2OS/c1-2-16-4-3-15-10-6-8(13)7(12)5-9(10)14-11(15)17/h5-6H,2-4H2,1H3,(H,14,17). The highest BCUT2D eigenvalue weighted by molar-refractivity contribution is 9.10. The highest BCUT2D eigenvalue weighted by Crippen LogP contribution is 2.23. The van der Waals surface area contributed by atoms with Crippen LogP contribution in [0.5, 0.6) is 0 Å². The van der Waals surface area contributed by atoms with E-state index >= 15 is 0 Å². The number of H-pyrrole nitrogens is 1. The Morgan fingerprint density at radius 1 is 1.53 bits per heavy atom. The molecule has 0 spiro atoms. The zero-order valence-electron chi connectivity index (χ0n) is 9.30. The monoisotopic (exact) mass is 318 g/mol. The first-order valence-corrected chi connectivity index (χ1v) is 6.49. The lowest BCUT2D eigenvalue weighted by Gasteiger charge is -2.04. The molecule has 0 radical (unpaired) electrons. The lowest BCUT2D eigenvalue weighted by molar-refractivity contribution is 0.139. The third-order valence-electron chi connectivity index (χ3n) is 2.48. The molecule has 0 atom stereocenters. The molecule has 0 fully saturated rings. The highest BCUT2D eigenvalue weighted by atomic mass is 79.9. The second-order valence-corrected chi connectivity index (χ2v) is 4.80. The minimum absolute atomic E-state index is 0.295. The molecule has 2 rings (SSSR count). The van der Waals surface area contributed by atoms with Gasteiger partial charge in [-0.2, -0.15) is 0 Å². The predicted molar refractivity (Wildman–Crippen MR) is 71.3 cm³/mol. The minimum atomic E-state index is -0.295. The molecule has 0 amide bonds. The average Bonchev–Trinajstić information content (AvgIpc) is 2.57. The summed E-state index contributed by atoms with van der Waals surface area (Å²) in [5.41, 5.74) is 1.58. The number of hydrogen-bond donors (Lipinski definition) is 1. The SMILES string of the molecule is CCOCCn1c(=S)[nH]c2cc(Br)c(F)cc21. The van der Waals surface area contributed by atoms with Crippen molar-refractivity contribution in [3.05, 3.63) is 27.2 Å². The van der Waals surface area contributed by atoms with Crippen molar-refractivity contribution < 1.29 is 9.13 Å². The van der Waals surface area contributed by atoms with Crippen molar-refractivity contribution in [3.8, 4) is 0 Å². The Hall–Kier alpha value is -0.720. The van der Waals surface area contributed by atoms with Crippen LogP contribution in [-0.2, 0) is 11.3 Å². The van der Waals surface area contributed by atoms with Gasteiger partial charge in [0.2, 0.25) is 0 Å². The maximum Gasteiger partial charge on any atom is 0.178 e. The number of imidazole rings is 1. The molecule has 1 aromatic heterocycles. The van der Waals surface area contributed by atoms with Gasteiger partial charge in [-0.3, -0.25) is 0 Å². The smallest absolute Gasteiger partial charge is 0.178 e. The van der Waals surface area contributed by atoms with Crippen LogP contribution in [-0.4, -0.2) is 22.8 Å². The third-order valence-corrected chi connectivity index (χ3v) is 3.41. The fourth-order valence-corrected chi connectivity index (χ4v) is 2.32. The van der Waals surface area contributed by atoms with Crippen LogP contribution in [0.2, 0.25) is 0 Å². The van der Waals surface area contributed by atoms with Crippen molar-refractivity contribution in [3.63, 3.8) is 0 Å². The molecule has 1 aromatic carbocycles. The molecular formula is C11H12BrFN2OS. The Kier molecular flexibility index (Phi) is 3.96. The lowest BCUT2D eigenvalue weighted by Crippen LogP contribution is -2.05. The van der Waals surface area contributed by atoms with Gasteiger partial charge >= 0.3 is 0 Å². The summed E-state index contributed by atoms with van der Waals surface area (Å²) in [5, 5.41) is 0. The van der Waals surface area contributed by atoms with Crippen LogP contribution >= 0.6 is 28.1 Å². The number of aromatic nitrogens is 2. The Morgan fingerprint density at radius 3 is 3.00 bits per heavy atom. The molecule has 2 aromatic rings. The van der Waals surface area contributed by atoms with E-state index in [2.05, 4.69) is 20.9 Å². The molecule has 3 nitrogen and oxygen atoms in total. The van der Waals surface area contributed by atoms with Crippen LogP contribution < -0.4 is 0 Å². The van der Waals surface area contributed by atoms with Crippen LogP contribution in [0.1, 0.15) is 6.92 Å².